The molecule has 0 aromatic rings. The Morgan fingerprint density at radius 2 is 1.67 bits per heavy atom. The van der Waals surface area contributed by atoms with Crippen molar-refractivity contribution in [2.24, 2.45) is 5.73 Å². The van der Waals surface area contributed by atoms with Gasteiger partial charge in [-0.05, 0) is 20.3 Å². The minimum Gasteiger partial charge on any atom is -0.373 e. The largest absolute Gasteiger partial charge is 0.373 e. The third-order valence-electron chi connectivity index (χ3n) is 3.23. The van der Waals surface area contributed by atoms with E-state index >= 15 is 0 Å². The Morgan fingerprint density at radius 3 is 2.11 bits per heavy atom. The molecule has 8 heteroatoms. The van der Waals surface area contributed by atoms with Crippen LogP contribution in [0.3, 0.4) is 0 Å². The van der Waals surface area contributed by atoms with E-state index in [4.69, 9.17) is 10.5 Å². The topological polar surface area (TPSA) is 75.9 Å². The lowest BCUT2D eigenvalue weighted by Gasteiger charge is -2.36. The van der Waals surface area contributed by atoms with Crippen molar-refractivity contribution >= 4 is 22.6 Å². The van der Waals surface area contributed by atoms with E-state index in [1.54, 1.807) is 0 Å². The molecule has 2 N–H and O–H groups in total. The SMILES string of the molecule is CC1CN(S(=O)(=O)N2CC[C@@H](N)C2)CC(C)O1.Cl. The van der Waals surface area contributed by atoms with Gasteiger partial charge < -0.3 is 10.5 Å². The average Bonchev–Trinajstić information content (AvgIpc) is 2.64. The monoisotopic (exact) mass is 299 g/mol. The zero-order chi connectivity index (χ0) is 12.6. The molecule has 2 unspecified atom stereocenters. The van der Waals surface area contributed by atoms with E-state index in [1.165, 1.54) is 8.61 Å². The van der Waals surface area contributed by atoms with E-state index in [0.29, 0.717) is 26.2 Å². The molecular formula is C10H22ClN3O3S. The van der Waals surface area contributed by atoms with Crippen molar-refractivity contribution in [1.82, 2.24) is 8.61 Å². The predicted molar refractivity (Wildman–Crippen MR) is 71.9 cm³/mol. The zero-order valence-electron chi connectivity index (χ0n) is 10.8. The van der Waals surface area contributed by atoms with Crippen molar-refractivity contribution < 1.29 is 13.2 Å². The lowest BCUT2D eigenvalue weighted by molar-refractivity contribution is -0.0453. The summed E-state index contributed by atoms with van der Waals surface area (Å²) >= 11 is 0. The second-order valence-corrected chi connectivity index (χ2v) is 6.92. The Morgan fingerprint density at radius 1 is 1.11 bits per heavy atom. The van der Waals surface area contributed by atoms with Gasteiger partial charge >= 0.3 is 0 Å². The summed E-state index contributed by atoms with van der Waals surface area (Å²) in [6.07, 6.45) is 0.642. The Bertz CT molecular complexity index is 369. The molecule has 18 heavy (non-hydrogen) atoms. The van der Waals surface area contributed by atoms with E-state index in [1.807, 2.05) is 13.8 Å². The maximum absolute atomic E-state index is 12.4. The van der Waals surface area contributed by atoms with Crippen molar-refractivity contribution in [2.45, 2.75) is 38.5 Å². The standard InChI is InChI=1S/C10H21N3O3S.ClH/c1-8-5-13(6-9(2)16-8)17(14,15)12-4-3-10(11)7-12;/h8-10H,3-7,11H2,1-2H3;1H/t8?,9?,10-;/m1./s1. The van der Waals surface area contributed by atoms with Crippen LogP contribution in [0.5, 0.6) is 0 Å². The molecule has 2 saturated heterocycles. The van der Waals surface area contributed by atoms with Crippen molar-refractivity contribution in [3.63, 3.8) is 0 Å². The fourth-order valence-electron chi connectivity index (χ4n) is 2.45. The van der Waals surface area contributed by atoms with Crippen molar-refractivity contribution in [1.29, 1.82) is 0 Å². The van der Waals surface area contributed by atoms with Crippen LogP contribution in [0.1, 0.15) is 20.3 Å². The van der Waals surface area contributed by atoms with E-state index in [0.717, 1.165) is 6.42 Å². The quantitative estimate of drug-likeness (QED) is 0.766. The normalized spacial score (nSPS) is 35.4. The number of hydrogen-bond acceptors (Lipinski definition) is 4. The smallest absolute Gasteiger partial charge is 0.282 e. The average molecular weight is 300 g/mol. The van der Waals surface area contributed by atoms with Gasteiger partial charge in [0, 0.05) is 32.2 Å². The molecule has 0 aromatic carbocycles. The Balaban J connectivity index is 0.00000162. The molecule has 2 rings (SSSR count). The highest BCUT2D eigenvalue weighted by atomic mass is 35.5. The first-order valence-corrected chi connectivity index (χ1v) is 7.45. The van der Waals surface area contributed by atoms with Crippen LogP contribution in [0, 0.1) is 0 Å². The third kappa shape index (κ3) is 3.34. The summed E-state index contributed by atoms with van der Waals surface area (Å²) in [5.41, 5.74) is 5.76. The summed E-state index contributed by atoms with van der Waals surface area (Å²) in [5, 5.41) is 0. The first-order chi connectivity index (χ1) is 7.89. The highest BCUT2D eigenvalue weighted by molar-refractivity contribution is 7.86. The molecular weight excluding hydrogens is 278 g/mol. The van der Waals surface area contributed by atoms with Crippen LogP contribution in [-0.2, 0) is 14.9 Å². The number of morpholine rings is 1. The van der Waals surface area contributed by atoms with Gasteiger partial charge in [-0.15, -0.1) is 12.4 Å². The fourth-order valence-corrected chi connectivity index (χ4v) is 4.29. The van der Waals surface area contributed by atoms with E-state index in [-0.39, 0.29) is 30.7 Å². The Kier molecular flexibility index (Phi) is 5.40. The third-order valence-corrected chi connectivity index (χ3v) is 5.16. The number of rotatable bonds is 2. The summed E-state index contributed by atoms with van der Waals surface area (Å²) in [5.74, 6) is 0. The highest BCUT2D eigenvalue weighted by Gasteiger charge is 2.37. The molecule has 3 atom stereocenters. The van der Waals surface area contributed by atoms with Gasteiger partial charge in [-0.3, -0.25) is 0 Å². The summed E-state index contributed by atoms with van der Waals surface area (Å²) in [6, 6.07) is -0.0272. The second-order valence-electron chi connectivity index (χ2n) is 4.99. The van der Waals surface area contributed by atoms with Gasteiger partial charge in [0.2, 0.25) is 0 Å². The zero-order valence-corrected chi connectivity index (χ0v) is 12.4. The fraction of sp³-hybridized carbons (Fsp3) is 1.00. The number of halogens is 1. The number of hydrogen-bond donors (Lipinski definition) is 1. The maximum Gasteiger partial charge on any atom is 0.282 e. The number of nitrogens with two attached hydrogens (primary N) is 1. The van der Waals surface area contributed by atoms with Crippen molar-refractivity contribution in [3.05, 3.63) is 0 Å². The van der Waals surface area contributed by atoms with E-state index in [9.17, 15) is 8.42 Å². The summed E-state index contributed by atoms with van der Waals surface area (Å²) < 4.78 is 33.3. The van der Waals surface area contributed by atoms with Gasteiger partial charge in [0.15, 0.2) is 0 Å². The van der Waals surface area contributed by atoms with E-state index in [2.05, 4.69) is 0 Å². The molecule has 0 aliphatic carbocycles. The molecule has 0 aromatic heterocycles. The Hall–Kier alpha value is 0.0800. The molecule has 108 valence electrons. The molecule has 2 heterocycles. The second kappa shape index (κ2) is 6.02. The molecule has 2 fully saturated rings. The molecule has 2 aliphatic rings. The summed E-state index contributed by atoms with van der Waals surface area (Å²) in [6.45, 7) is 5.62. The summed E-state index contributed by atoms with van der Waals surface area (Å²) in [7, 11) is -3.35. The van der Waals surface area contributed by atoms with Crippen LogP contribution in [0.4, 0.5) is 0 Å². The van der Waals surface area contributed by atoms with Crippen LogP contribution in [0.25, 0.3) is 0 Å². The van der Waals surface area contributed by atoms with Gasteiger partial charge in [-0.2, -0.15) is 17.0 Å². The van der Waals surface area contributed by atoms with Crippen LogP contribution >= 0.6 is 12.4 Å². The minimum atomic E-state index is -3.35. The van der Waals surface area contributed by atoms with Crippen LogP contribution in [0.2, 0.25) is 0 Å². The number of nitrogens with zero attached hydrogens (tertiary/aromatic N) is 2. The van der Waals surface area contributed by atoms with Crippen LogP contribution in [0.15, 0.2) is 0 Å². The molecule has 0 radical (unpaired) electrons. The molecule has 6 nitrogen and oxygen atoms in total. The molecule has 0 amide bonds. The highest BCUT2D eigenvalue weighted by Crippen LogP contribution is 2.20. The first-order valence-electron chi connectivity index (χ1n) is 6.06. The van der Waals surface area contributed by atoms with Gasteiger partial charge in [-0.25, -0.2) is 0 Å². The van der Waals surface area contributed by atoms with Crippen LogP contribution in [-0.4, -0.2) is 61.5 Å². The Labute approximate surface area is 115 Å². The van der Waals surface area contributed by atoms with Gasteiger partial charge in [0.25, 0.3) is 10.2 Å². The van der Waals surface area contributed by atoms with Gasteiger partial charge in [0.05, 0.1) is 12.2 Å². The van der Waals surface area contributed by atoms with Crippen molar-refractivity contribution in [2.75, 3.05) is 26.2 Å². The minimum absolute atomic E-state index is 0. The molecule has 0 bridgehead atoms. The first kappa shape index (κ1) is 16.1. The summed E-state index contributed by atoms with van der Waals surface area (Å²) in [4.78, 5) is 0. The van der Waals surface area contributed by atoms with E-state index < -0.39 is 10.2 Å². The van der Waals surface area contributed by atoms with Crippen molar-refractivity contribution in [3.8, 4) is 0 Å². The lowest BCUT2D eigenvalue weighted by Crippen LogP contribution is -2.52. The predicted octanol–water partition coefficient (Wildman–Crippen LogP) is -0.205. The lowest BCUT2D eigenvalue weighted by atomic mass is 10.3. The molecule has 2 aliphatic heterocycles. The van der Waals surface area contributed by atoms with Gasteiger partial charge in [-0.1, -0.05) is 0 Å². The van der Waals surface area contributed by atoms with Gasteiger partial charge in [0.1, 0.15) is 0 Å². The number of ether oxygens (including phenoxy) is 1. The molecule has 0 saturated carbocycles. The maximum atomic E-state index is 12.4. The molecule has 0 spiro atoms. The van der Waals surface area contributed by atoms with Crippen LogP contribution < -0.4 is 5.73 Å².